The molecule has 134 valence electrons. The zero-order chi connectivity index (χ0) is 19.1. The van der Waals surface area contributed by atoms with Gasteiger partial charge in [-0.2, -0.15) is 0 Å². The fourth-order valence-corrected chi connectivity index (χ4v) is 2.27. The molecule has 0 fully saturated rings. The molecule has 2 aromatic rings. The molecule has 2 aromatic carbocycles. The summed E-state index contributed by atoms with van der Waals surface area (Å²) in [5.41, 5.74) is 0.664. The van der Waals surface area contributed by atoms with E-state index in [1.807, 2.05) is 30.3 Å². The molecule has 0 N–H and O–H groups in total. The summed E-state index contributed by atoms with van der Waals surface area (Å²) in [5.74, 6) is -0.873. The van der Waals surface area contributed by atoms with Crippen LogP contribution in [0.1, 0.15) is 28.4 Å². The number of nitro groups is 1. The Hall–Kier alpha value is -3.48. The number of esters is 1. The molecule has 0 saturated heterocycles. The number of carbonyl (C=O) groups is 2. The van der Waals surface area contributed by atoms with Crippen LogP contribution in [0.25, 0.3) is 6.08 Å². The second kappa shape index (κ2) is 8.57. The summed E-state index contributed by atoms with van der Waals surface area (Å²) in [6.45, 7) is 1.49. The zero-order valence-electron chi connectivity index (χ0n) is 14.3. The van der Waals surface area contributed by atoms with Crippen molar-refractivity contribution in [2.24, 2.45) is 0 Å². The molecule has 0 aliphatic rings. The van der Waals surface area contributed by atoms with E-state index in [-0.39, 0.29) is 35.0 Å². The molecule has 0 saturated carbocycles. The summed E-state index contributed by atoms with van der Waals surface area (Å²) in [6, 6.07) is 11.9. The molecule has 0 aliphatic heterocycles. The van der Waals surface area contributed by atoms with Crippen molar-refractivity contribution in [3.05, 3.63) is 75.3 Å². The van der Waals surface area contributed by atoms with Crippen LogP contribution in [0, 0.1) is 10.1 Å². The summed E-state index contributed by atoms with van der Waals surface area (Å²) in [7, 11) is 1.19. The Kier molecular flexibility index (Phi) is 6.21. The van der Waals surface area contributed by atoms with Crippen molar-refractivity contribution in [3.63, 3.8) is 0 Å². The highest BCUT2D eigenvalue weighted by molar-refractivity contribution is 6.01. The molecule has 0 bridgehead atoms. The lowest BCUT2D eigenvalue weighted by Crippen LogP contribution is -2.04. The van der Waals surface area contributed by atoms with Gasteiger partial charge in [0.25, 0.3) is 5.69 Å². The SMILES string of the molecule is COC(=O)/C=C/c1c(C(C)=O)cc(OCc2ccccc2)cc1[N+](=O)[O-]. The van der Waals surface area contributed by atoms with Crippen LogP contribution in [0.2, 0.25) is 0 Å². The first kappa shape index (κ1) is 18.9. The van der Waals surface area contributed by atoms with Crippen LogP contribution < -0.4 is 4.74 Å². The van der Waals surface area contributed by atoms with Gasteiger partial charge in [0.05, 0.1) is 23.7 Å². The number of hydrogen-bond acceptors (Lipinski definition) is 6. The van der Waals surface area contributed by atoms with E-state index in [1.165, 1.54) is 32.2 Å². The van der Waals surface area contributed by atoms with Crippen molar-refractivity contribution >= 4 is 23.5 Å². The lowest BCUT2D eigenvalue weighted by atomic mass is 10.0. The van der Waals surface area contributed by atoms with Crippen molar-refractivity contribution < 1.29 is 24.0 Å². The lowest BCUT2D eigenvalue weighted by molar-refractivity contribution is -0.385. The van der Waals surface area contributed by atoms with Crippen molar-refractivity contribution in [1.82, 2.24) is 0 Å². The van der Waals surface area contributed by atoms with E-state index < -0.39 is 10.9 Å². The Morgan fingerprint density at radius 2 is 1.88 bits per heavy atom. The van der Waals surface area contributed by atoms with Gasteiger partial charge in [0.1, 0.15) is 12.4 Å². The van der Waals surface area contributed by atoms with Gasteiger partial charge in [0, 0.05) is 11.6 Å². The van der Waals surface area contributed by atoms with Crippen LogP contribution in [-0.2, 0) is 16.1 Å². The molecular weight excluding hydrogens is 338 g/mol. The largest absolute Gasteiger partial charge is 0.489 e. The molecule has 0 atom stereocenters. The molecule has 0 amide bonds. The van der Waals surface area contributed by atoms with Crippen LogP contribution in [0.15, 0.2) is 48.5 Å². The predicted molar refractivity (Wildman–Crippen MR) is 94.9 cm³/mol. The number of ether oxygens (including phenoxy) is 2. The number of Topliss-reactive ketones (excluding diaryl/α,β-unsaturated/α-hetero) is 1. The number of nitro benzene ring substituents is 1. The van der Waals surface area contributed by atoms with Gasteiger partial charge in [-0.25, -0.2) is 4.79 Å². The van der Waals surface area contributed by atoms with Crippen LogP contribution in [0.3, 0.4) is 0 Å². The Balaban J connectivity index is 2.42. The lowest BCUT2D eigenvalue weighted by Gasteiger charge is -2.10. The monoisotopic (exact) mass is 355 g/mol. The minimum Gasteiger partial charge on any atom is -0.489 e. The second-order valence-corrected chi connectivity index (χ2v) is 5.35. The Labute approximate surface area is 150 Å². The second-order valence-electron chi connectivity index (χ2n) is 5.35. The number of benzene rings is 2. The van der Waals surface area contributed by atoms with Gasteiger partial charge >= 0.3 is 5.97 Å². The van der Waals surface area contributed by atoms with Crippen LogP contribution in [-0.4, -0.2) is 23.8 Å². The third-order valence-corrected chi connectivity index (χ3v) is 3.54. The highest BCUT2D eigenvalue weighted by Gasteiger charge is 2.21. The van der Waals surface area contributed by atoms with Gasteiger partial charge in [-0.3, -0.25) is 14.9 Å². The summed E-state index contributed by atoms with van der Waals surface area (Å²) in [4.78, 5) is 34.0. The van der Waals surface area contributed by atoms with Crippen molar-refractivity contribution in [1.29, 1.82) is 0 Å². The molecule has 0 heterocycles. The summed E-state index contributed by atoms with van der Waals surface area (Å²) in [6.07, 6.45) is 2.22. The minimum absolute atomic E-state index is 0.0277. The van der Waals surface area contributed by atoms with E-state index in [2.05, 4.69) is 4.74 Å². The zero-order valence-corrected chi connectivity index (χ0v) is 14.3. The number of ketones is 1. The van der Waals surface area contributed by atoms with E-state index in [4.69, 9.17) is 4.74 Å². The first-order valence-corrected chi connectivity index (χ1v) is 7.68. The quantitative estimate of drug-likeness (QED) is 0.248. The fraction of sp³-hybridized carbons (Fsp3) is 0.158. The normalized spacial score (nSPS) is 10.5. The van der Waals surface area contributed by atoms with Crippen molar-refractivity contribution in [3.8, 4) is 5.75 Å². The maximum Gasteiger partial charge on any atom is 0.330 e. The Bertz CT molecular complexity index is 823. The number of carbonyl (C=O) groups excluding carboxylic acids is 2. The standard InChI is InChI=1S/C19H17NO6/c1-13(21)17-10-15(26-12-14-6-4-3-5-7-14)11-18(20(23)24)16(17)8-9-19(22)25-2/h3-11H,12H2,1-2H3/b9-8+. The molecule has 7 nitrogen and oxygen atoms in total. The van der Waals surface area contributed by atoms with Gasteiger partial charge in [-0.1, -0.05) is 30.3 Å². The molecule has 2 rings (SSSR count). The average molecular weight is 355 g/mol. The van der Waals surface area contributed by atoms with Gasteiger partial charge in [-0.15, -0.1) is 0 Å². The topological polar surface area (TPSA) is 95.7 Å². The van der Waals surface area contributed by atoms with Crippen LogP contribution in [0.5, 0.6) is 5.75 Å². The van der Waals surface area contributed by atoms with Gasteiger partial charge in [0.15, 0.2) is 5.78 Å². The molecule has 0 aromatic heterocycles. The highest BCUT2D eigenvalue weighted by Crippen LogP contribution is 2.31. The van der Waals surface area contributed by atoms with Crippen molar-refractivity contribution in [2.75, 3.05) is 7.11 Å². The van der Waals surface area contributed by atoms with Gasteiger partial charge < -0.3 is 9.47 Å². The van der Waals surface area contributed by atoms with E-state index in [0.717, 1.165) is 11.6 Å². The fourth-order valence-electron chi connectivity index (χ4n) is 2.27. The average Bonchev–Trinajstić information content (AvgIpc) is 2.64. The highest BCUT2D eigenvalue weighted by atomic mass is 16.6. The summed E-state index contributed by atoms with van der Waals surface area (Å²) < 4.78 is 10.1. The molecule has 26 heavy (non-hydrogen) atoms. The number of methoxy groups -OCH3 is 1. The molecule has 0 spiro atoms. The first-order valence-electron chi connectivity index (χ1n) is 7.68. The molecule has 0 unspecified atom stereocenters. The summed E-state index contributed by atoms with van der Waals surface area (Å²) in [5, 5.41) is 11.4. The third-order valence-electron chi connectivity index (χ3n) is 3.54. The van der Waals surface area contributed by atoms with E-state index in [9.17, 15) is 19.7 Å². The maximum atomic E-state index is 12.0. The number of nitrogens with zero attached hydrogens (tertiary/aromatic N) is 1. The molecule has 7 heteroatoms. The van der Waals surface area contributed by atoms with Gasteiger partial charge in [-0.05, 0) is 24.6 Å². The summed E-state index contributed by atoms with van der Waals surface area (Å²) >= 11 is 0. The van der Waals surface area contributed by atoms with E-state index in [1.54, 1.807) is 0 Å². The Morgan fingerprint density at radius 3 is 2.46 bits per heavy atom. The number of rotatable bonds is 7. The van der Waals surface area contributed by atoms with E-state index >= 15 is 0 Å². The molecule has 0 aliphatic carbocycles. The molecule has 0 radical (unpaired) electrons. The van der Waals surface area contributed by atoms with Crippen LogP contribution in [0.4, 0.5) is 5.69 Å². The van der Waals surface area contributed by atoms with Crippen LogP contribution >= 0.6 is 0 Å². The Morgan fingerprint density at radius 1 is 1.19 bits per heavy atom. The van der Waals surface area contributed by atoms with Crippen molar-refractivity contribution in [2.45, 2.75) is 13.5 Å². The van der Waals surface area contributed by atoms with Gasteiger partial charge in [0.2, 0.25) is 0 Å². The third kappa shape index (κ3) is 4.76. The maximum absolute atomic E-state index is 12.0. The predicted octanol–water partition coefficient (Wildman–Crippen LogP) is 3.56. The first-order chi connectivity index (χ1) is 12.4. The smallest absolute Gasteiger partial charge is 0.330 e. The molecular formula is C19H17NO6. The minimum atomic E-state index is -0.682. The van der Waals surface area contributed by atoms with E-state index in [0.29, 0.717) is 0 Å². The number of hydrogen-bond donors (Lipinski definition) is 0.